The van der Waals surface area contributed by atoms with Crippen LogP contribution < -0.4 is 0 Å². The van der Waals surface area contributed by atoms with E-state index in [2.05, 4.69) is 10.1 Å². The molecule has 5 heteroatoms. The molecular weight excluding hydrogens is 283 g/mol. The molecule has 0 spiro atoms. The van der Waals surface area contributed by atoms with E-state index < -0.39 is 0 Å². The predicted octanol–water partition coefficient (Wildman–Crippen LogP) is 3.57. The van der Waals surface area contributed by atoms with Crippen LogP contribution in [0.15, 0.2) is 22.7 Å². The summed E-state index contributed by atoms with van der Waals surface area (Å²) in [5, 5.41) is 5.15. The topological polar surface area (TPSA) is 38.5 Å². The first-order valence-corrected chi connectivity index (χ1v) is 8.13. The Kier molecular flexibility index (Phi) is 5.05. The van der Waals surface area contributed by atoms with E-state index >= 15 is 0 Å². The van der Waals surface area contributed by atoms with Crippen LogP contribution in [-0.4, -0.2) is 42.9 Å². The molecular formula is C17H23FN2O2. The molecule has 1 saturated heterocycles. The zero-order valence-corrected chi connectivity index (χ0v) is 13.1. The van der Waals surface area contributed by atoms with Crippen LogP contribution in [0.3, 0.4) is 0 Å². The van der Waals surface area contributed by atoms with E-state index in [1.54, 1.807) is 6.07 Å². The van der Waals surface area contributed by atoms with E-state index in [9.17, 15) is 4.39 Å². The number of hydrogen-bond acceptors (Lipinski definition) is 4. The van der Waals surface area contributed by atoms with Crippen molar-refractivity contribution in [3.05, 3.63) is 29.7 Å². The first-order valence-electron chi connectivity index (χ1n) is 8.13. The fraction of sp³-hybridized carbons (Fsp3) is 0.588. The van der Waals surface area contributed by atoms with Gasteiger partial charge in [0.15, 0.2) is 5.58 Å². The molecule has 0 atom stereocenters. The minimum atomic E-state index is -0.278. The van der Waals surface area contributed by atoms with Gasteiger partial charge in [0, 0.05) is 37.1 Å². The van der Waals surface area contributed by atoms with Gasteiger partial charge >= 0.3 is 0 Å². The average Bonchev–Trinajstić information content (AvgIpc) is 2.95. The van der Waals surface area contributed by atoms with E-state index in [4.69, 9.17) is 9.26 Å². The summed E-state index contributed by atoms with van der Waals surface area (Å²) in [6, 6.07) is 4.67. The van der Waals surface area contributed by atoms with Crippen molar-refractivity contribution in [3.8, 4) is 0 Å². The van der Waals surface area contributed by atoms with Gasteiger partial charge in [-0.3, -0.25) is 0 Å². The molecule has 0 unspecified atom stereocenters. The Morgan fingerprint density at radius 3 is 2.95 bits per heavy atom. The maximum Gasteiger partial charge on any atom is 0.170 e. The minimum absolute atomic E-state index is 0.278. The molecule has 1 aromatic heterocycles. The smallest absolute Gasteiger partial charge is 0.170 e. The number of halogens is 1. The minimum Gasteiger partial charge on any atom is -0.382 e. The van der Waals surface area contributed by atoms with E-state index in [1.165, 1.54) is 12.1 Å². The van der Waals surface area contributed by atoms with Crippen LogP contribution in [-0.2, 0) is 4.74 Å². The number of fused-ring (bicyclic) bond motifs is 1. The van der Waals surface area contributed by atoms with Gasteiger partial charge in [-0.05, 0) is 51.4 Å². The molecule has 0 aliphatic carbocycles. The quantitative estimate of drug-likeness (QED) is 0.765. The maximum absolute atomic E-state index is 13.2. The van der Waals surface area contributed by atoms with Gasteiger partial charge in [-0.25, -0.2) is 4.39 Å². The molecule has 0 bridgehead atoms. The molecule has 3 rings (SSSR count). The molecule has 0 amide bonds. The van der Waals surface area contributed by atoms with Gasteiger partial charge in [-0.15, -0.1) is 0 Å². The monoisotopic (exact) mass is 306 g/mol. The van der Waals surface area contributed by atoms with Crippen molar-refractivity contribution in [2.45, 2.75) is 32.1 Å². The van der Waals surface area contributed by atoms with Gasteiger partial charge in [0.1, 0.15) is 5.82 Å². The van der Waals surface area contributed by atoms with Crippen LogP contribution in [0.4, 0.5) is 4.39 Å². The summed E-state index contributed by atoms with van der Waals surface area (Å²) < 4.78 is 23.9. The lowest BCUT2D eigenvalue weighted by atomic mass is 9.91. The Bertz CT molecular complexity index is 606. The molecule has 2 heterocycles. The number of likely N-dealkylation sites (tertiary alicyclic amines) is 1. The van der Waals surface area contributed by atoms with Crippen molar-refractivity contribution in [1.29, 1.82) is 0 Å². The molecule has 0 saturated carbocycles. The van der Waals surface area contributed by atoms with Crippen LogP contribution in [0.25, 0.3) is 11.0 Å². The van der Waals surface area contributed by atoms with Crippen LogP contribution in [0, 0.1) is 5.82 Å². The molecule has 120 valence electrons. The average molecular weight is 306 g/mol. The summed E-state index contributed by atoms with van der Waals surface area (Å²) in [7, 11) is 0. The van der Waals surface area contributed by atoms with Gasteiger partial charge in [0.25, 0.3) is 0 Å². The Morgan fingerprint density at radius 2 is 2.18 bits per heavy atom. The highest BCUT2D eigenvalue weighted by Gasteiger charge is 2.24. The SMILES string of the molecule is CCOCCCN1CCC(c2noc3cc(F)ccc23)CC1. The fourth-order valence-corrected chi connectivity index (χ4v) is 3.19. The Hall–Kier alpha value is -1.46. The van der Waals surface area contributed by atoms with Crippen molar-refractivity contribution in [2.75, 3.05) is 32.8 Å². The van der Waals surface area contributed by atoms with Gasteiger partial charge in [-0.2, -0.15) is 0 Å². The maximum atomic E-state index is 13.2. The number of hydrogen-bond donors (Lipinski definition) is 0. The van der Waals surface area contributed by atoms with Crippen molar-refractivity contribution in [1.82, 2.24) is 10.1 Å². The third-order valence-electron chi connectivity index (χ3n) is 4.40. The highest BCUT2D eigenvalue weighted by Crippen LogP contribution is 2.32. The van der Waals surface area contributed by atoms with Crippen LogP contribution in [0.2, 0.25) is 0 Å². The third-order valence-corrected chi connectivity index (χ3v) is 4.40. The Labute approximate surface area is 130 Å². The molecule has 0 N–H and O–H groups in total. The molecule has 1 aromatic carbocycles. The Balaban J connectivity index is 1.56. The molecule has 1 fully saturated rings. The van der Waals surface area contributed by atoms with Crippen LogP contribution in [0.5, 0.6) is 0 Å². The second-order valence-corrected chi connectivity index (χ2v) is 5.87. The number of rotatable bonds is 6. The zero-order chi connectivity index (χ0) is 15.4. The second-order valence-electron chi connectivity index (χ2n) is 5.87. The van der Waals surface area contributed by atoms with Gasteiger partial charge in [0.2, 0.25) is 0 Å². The lowest BCUT2D eigenvalue weighted by molar-refractivity contribution is 0.125. The lowest BCUT2D eigenvalue weighted by Gasteiger charge is -2.31. The molecule has 4 nitrogen and oxygen atoms in total. The van der Waals surface area contributed by atoms with E-state index in [1.807, 2.05) is 6.92 Å². The zero-order valence-electron chi connectivity index (χ0n) is 13.1. The highest BCUT2D eigenvalue weighted by molar-refractivity contribution is 5.79. The number of ether oxygens (including phenoxy) is 1. The predicted molar refractivity (Wildman–Crippen MR) is 83.5 cm³/mol. The summed E-state index contributed by atoms with van der Waals surface area (Å²) in [5.74, 6) is 0.133. The summed E-state index contributed by atoms with van der Waals surface area (Å²) in [6.45, 7) is 6.91. The largest absolute Gasteiger partial charge is 0.382 e. The number of benzene rings is 1. The van der Waals surface area contributed by atoms with Crippen molar-refractivity contribution in [3.63, 3.8) is 0 Å². The lowest BCUT2D eigenvalue weighted by Crippen LogP contribution is -2.34. The van der Waals surface area contributed by atoms with Gasteiger partial charge in [-0.1, -0.05) is 5.16 Å². The van der Waals surface area contributed by atoms with Gasteiger partial charge < -0.3 is 14.2 Å². The van der Waals surface area contributed by atoms with Crippen LogP contribution in [0.1, 0.15) is 37.8 Å². The molecule has 22 heavy (non-hydrogen) atoms. The molecule has 0 radical (unpaired) electrons. The standard InChI is InChI=1S/C17H23FN2O2/c1-2-21-11-3-8-20-9-6-13(7-10-20)17-15-5-4-14(18)12-16(15)22-19-17/h4-5,12-13H,2-3,6-11H2,1H3. The Morgan fingerprint density at radius 1 is 1.36 bits per heavy atom. The fourth-order valence-electron chi connectivity index (χ4n) is 3.19. The summed E-state index contributed by atoms with van der Waals surface area (Å²) in [4.78, 5) is 2.48. The molecule has 1 aliphatic rings. The van der Waals surface area contributed by atoms with Crippen molar-refractivity contribution in [2.24, 2.45) is 0 Å². The van der Waals surface area contributed by atoms with E-state index in [-0.39, 0.29) is 5.82 Å². The molecule has 1 aliphatic heterocycles. The number of piperidine rings is 1. The second kappa shape index (κ2) is 7.20. The van der Waals surface area contributed by atoms with E-state index in [0.29, 0.717) is 11.5 Å². The number of aromatic nitrogens is 1. The van der Waals surface area contributed by atoms with E-state index in [0.717, 1.165) is 63.2 Å². The normalized spacial score (nSPS) is 17.4. The highest BCUT2D eigenvalue weighted by atomic mass is 19.1. The molecule has 2 aromatic rings. The van der Waals surface area contributed by atoms with Crippen molar-refractivity contribution >= 4 is 11.0 Å². The summed E-state index contributed by atoms with van der Waals surface area (Å²) in [6.07, 6.45) is 3.24. The van der Waals surface area contributed by atoms with Crippen LogP contribution >= 0.6 is 0 Å². The summed E-state index contributed by atoms with van der Waals surface area (Å²) >= 11 is 0. The first-order chi connectivity index (χ1) is 10.8. The number of nitrogens with zero attached hydrogens (tertiary/aromatic N) is 2. The first kappa shape index (κ1) is 15.4. The van der Waals surface area contributed by atoms with Gasteiger partial charge in [0.05, 0.1) is 5.69 Å². The summed E-state index contributed by atoms with van der Waals surface area (Å²) in [5.41, 5.74) is 1.54. The third kappa shape index (κ3) is 3.47. The van der Waals surface area contributed by atoms with Crippen molar-refractivity contribution < 1.29 is 13.7 Å².